The first-order chi connectivity index (χ1) is 15.8. The van der Waals surface area contributed by atoms with Gasteiger partial charge in [-0.15, -0.1) is 0 Å². The molecule has 2 aromatic rings. The number of aliphatic hydroxyl groups is 1. The smallest absolute Gasteiger partial charge is 0.295 e. The highest BCUT2D eigenvalue weighted by molar-refractivity contribution is 6.46. The average molecular weight is 455 g/mol. The number of hydrogen-bond acceptors (Lipinski definition) is 7. The summed E-state index contributed by atoms with van der Waals surface area (Å²) in [7, 11) is 0. The molecule has 8 nitrogen and oxygen atoms in total. The lowest BCUT2D eigenvalue weighted by Crippen LogP contribution is -2.42. The van der Waals surface area contributed by atoms with Gasteiger partial charge in [0.1, 0.15) is 29.1 Å². The predicted octanol–water partition coefficient (Wildman–Crippen LogP) is 3.13. The van der Waals surface area contributed by atoms with E-state index in [9.17, 15) is 14.7 Å². The van der Waals surface area contributed by atoms with Crippen molar-refractivity contribution < 1.29 is 28.6 Å². The summed E-state index contributed by atoms with van der Waals surface area (Å²) < 4.78 is 16.9. The largest absolute Gasteiger partial charge is 0.507 e. The van der Waals surface area contributed by atoms with Gasteiger partial charge in [0, 0.05) is 31.7 Å². The lowest BCUT2D eigenvalue weighted by molar-refractivity contribution is -0.140. The minimum Gasteiger partial charge on any atom is -0.507 e. The van der Waals surface area contributed by atoms with Crippen LogP contribution < -0.4 is 4.74 Å². The first kappa shape index (κ1) is 23.1. The Morgan fingerprint density at radius 3 is 2.39 bits per heavy atom. The van der Waals surface area contributed by atoms with Gasteiger partial charge in [-0.05, 0) is 57.2 Å². The Morgan fingerprint density at radius 1 is 1.09 bits per heavy atom. The van der Waals surface area contributed by atoms with E-state index >= 15 is 0 Å². The van der Waals surface area contributed by atoms with Crippen LogP contribution >= 0.6 is 0 Å². The number of carbonyl (C=O) groups is 2. The van der Waals surface area contributed by atoms with Gasteiger partial charge in [0.05, 0.1) is 24.9 Å². The van der Waals surface area contributed by atoms with E-state index < -0.39 is 17.7 Å². The first-order valence-electron chi connectivity index (χ1n) is 11.3. The SMILES string of the molecule is Cc1ccc([C@H]2C(=C(O)c3ccc(OC(C)C)cc3)C(=O)C(=O)N2CCN2CCOCC2)o1. The zero-order valence-electron chi connectivity index (χ0n) is 19.2. The van der Waals surface area contributed by atoms with Crippen molar-refractivity contribution in [3.05, 3.63) is 59.1 Å². The van der Waals surface area contributed by atoms with E-state index in [1.54, 1.807) is 43.3 Å². The van der Waals surface area contributed by atoms with Crippen molar-refractivity contribution in [2.45, 2.75) is 32.9 Å². The number of rotatable bonds is 7. The van der Waals surface area contributed by atoms with Crippen molar-refractivity contribution in [2.24, 2.45) is 0 Å². The van der Waals surface area contributed by atoms with E-state index in [0.29, 0.717) is 49.1 Å². The minimum atomic E-state index is -0.786. The van der Waals surface area contributed by atoms with Crippen LogP contribution in [0.1, 0.15) is 37.0 Å². The third-order valence-electron chi connectivity index (χ3n) is 5.83. The van der Waals surface area contributed by atoms with Crippen molar-refractivity contribution >= 4 is 17.4 Å². The number of amides is 1. The van der Waals surface area contributed by atoms with Gasteiger partial charge in [-0.2, -0.15) is 0 Å². The molecular weight excluding hydrogens is 424 g/mol. The summed E-state index contributed by atoms with van der Waals surface area (Å²) >= 11 is 0. The van der Waals surface area contributed by atoms with Crippen LogP contribution in [0.15, 0.2) is 46.4 Å². The molecule has 0 radical (unpaired) electrons. The van der Waals surface area contributed by atoms with Crippen molar-refractivity contribution in [1.29, 1.82) is 0 Å². The molecule has 2 aliphatic rings. The standard InChI is InChI=1S/C25H30N2O6/c1-16(2)32-19-7-5-18(6-8-19)23(28)21-22(20-9-4-17(3)33-20)27(25(30)24(21)29)11-10-26-12-14-31-15-13-26/h4-9,16,22,28H,10-15H2,1-3H3/t22-/m0/s1. The Bertz CT molecular complexity index is 1030. The third-order valence-corrected chi connectivity index (χ3v) is 5.83. The molecule has 8 heteroatoms. The number of nitrogens with zero attached hydrogens (tertiary/aromatic N) is 2. The monoisotopic (exact) mass is 454 g/mol. The number of ether oxygens (including phenoxy) is 2. The Hall–Kier alpha value is -3.10. The predicted molar refractivity (Wildman–Crippen MR) is 122 cm³/mol. The van der Waals surface area contributed by atoms with Crippen LogP contribution in [-0.4, -0.2) is 72.1 Å². The van der Waals surface area contributed by atoms with E-state index in [-0.39, 0.29) is 17.4 Å². The molecule has 1 aromatic heterocycles. The summed E-state index contributed by atoms with van der Waals surface area (Å²) in [5.41, 5.74) is 0.472. The Morgan fingerprint density at radius 2 is 1.79 bits per heavy atom. The number of hydrogen-bond donors (Lipinski definition) is 1. The Labute approximate surface area is 193 Å². The number of morpholine rings is 1. The summed E-state index contributed by atoms with van der Waals surface area (Å²) in [6, 6.07) is 9.57. The zero-order valence-corrected chi connectivity index (χ0v) is 19.2. The number of furan rings is 1. The number of aryl methyl sites for hydroxylation is 1. The minimum absolute atomic E-state index is 0.0171. The maximum Gasteiger partial charge on any atom is 0.295 e. The quantitative estimate of drug-likeness (QED) is 0.390. The normalized spacial score (nSPS) is 21.2. The summed E-state index contributed by atoms with van der Waals surface area (Å²) in [5, 5.41) is 11.1. The van der Waals surface area contributed by atoms with Crippen molar-refractivity contribution in [2.75, 3.05) is 39.4 Å². The maximum absolute atomic E-state index is 13.1. The third kappa shape index (κ3) is 4.96. The van der Waals surface area contributed by atoms with Crippen molar-refractivity contribution in [1.82, 2.24) is 9.80 Å². The number of Topliss-reactive ketones (excluding diaryl/α,β-unsaturated/α-hetero) is 1. The zero-order chi connectivity index (χ0) is 23.5. The molecule has 33 heavy (non-hydrogen) atoms. The molecule has 1 atom stereocenters. The molecule has 176 valence electrons. The highest BCUT2D eigenvalue weighted by atomic mass is 16.5. The summed E-state index contributed by atoms with van der Waals surface area (Å²) in [6.07, 6.45) is 0.0171. The van der Waals surface area contributed by atoms with Gasteiger partial charge < -0.3 is 23.9 Å². The Kier molecular flexibility index (Phi) is 6.85. The Balaban J connectivity index is 1.67. The molecule has 4 rings (SSSR count). The molecule has 0 unspecified atom stereocenters. The van der Waals surface area contributed by atoms with Crippen LogP contribution in [0.2, 0.25) is 0 Å². The van der Waals surface area contributed by atoms with E-state index in [0.717, 1.165) is 13.1 Å². The lowest BCUT2D eigenvalue weighted by atomic mass is 9.99. The number of carbonyl (C=O) groups excluding carboxylic acids is 2. The highest BCUT2D eigenvalue weighted by Gasteiger charge is 2.47. The maximum atomic E-state index is 13.1. The van der Waals surface area contributed by atoms with Gasteiger partial charge in [-0.3, -0.25) is 14.5 Å². The second-order valence-electron chi connectivity index (χ2n) is 8.59. The summed E-state index contributed by atoms with van der Waals surface area (Å²) in [5.74, 6) is 0.205. The number of aliphatic hydroxyl groups excluding tert-OH is 1. The topological polar surface area (TPSA) is 92.5 Å². The molecule has 2 saturated heterocycles. The number of benzene rings is 1. The fraction of sp³-hybridized carbons (Fsp3) is 0.440. The fourth-order valence-corrected chi connectivity index (χ4v) is 4.20. The van der Waals surface area contributed by atoms with Crippen molar-refractivity contribution in [3.8, 4) is 5.75 Å². The molecule has 1 N–H and O–H groups in total. The summed E-state index contributed by atoms with van der Waals surface area (Å²) in [6.45, 7) is 9.46. The van der Waals surface area contributed by atoms with Crippen LogP contribution in [0.5, 0.6) is 5.75 Å². The van der Waals surface area contributed by atoms with Crippen LogP contribution in [0.3, 0.4) is 0 Å². The fourth-order valence-electron chi connectivity index (χ4n) is 4.20. The van der Waals surface area contributed by atoms with Gasteiger partial charge in [-0.25, -0.2) is 0 Å². The van der Waals surface area contributed by atoms with Crippen LogP contribution in [0, 0.1) is 6.92 Å². The average Bonchev–Trinajstić information content (AvgIpc) is 3.33. The van der Waals surface area contributed by atoms with E-state index in [1.807, 2.05) is 13.8 Å². The second-order valence-corrected chi connectivity index (χ2v) is 8.59. The molecule has 0 saturated carbocycles. The van der Waals surface area contributed by atoms with Gasteiger partial charge >= 0.3 is 0 Å². The molecule has 3 heterocycles. The number of likely N-dealkylation sites (tertiary alicyclic amines) is 1. The number of ketones is 1. The highest BCUT2D eigenvalue weighted by Crippen LogP contribution is 2.40. The molecule has 2 fully saturated rings. The second kappa shape index (κ2) is 9.80. The van der Waals surface area contributed by atoms with Gasteiger partial charge in [0.25, 0.3) is 11.7 Å². The van der Waals surface area contributed by atoms with Crippen LogP contribution in [0.25, 0.3) is 5.76 Å². The van der Waals surface area contributed by atoms with Crippen LogP contribution in [-0.2, 0) is 14.3 Å². The summed E-state index contributed by atoms with van der Waals surface area (Å²) in [4.78, 5) is 29.8. The molecule has 1 amide bonds. The van der Waals surface area contributed by atoms with E-state index in [4.69, 9.17) is 13.9 Å². The molecule has 1 aromatic carbocycles. The lowest BCUT2D eigenvalue weighted by Gasteiger charge is -2.30. The molecular formula is C25H30N2O6. The van der Waals surface area contributed by atoms with Gasteiger partial charge in [-0.1, -0.05) is 0 Å². The molecule has 0 spiro atoms. The van der Waals surface area contributed by atoms with Crippen LogP contribution in [0.4, 0.5) is 0 Å². The van der Waals surface area contributed by atoms with Crippen molar-refractivity contribution in [3.63, 3.8) is 0 Å². The van der Waals surface area contributed by atoms with Gasteiger partial charge in [0.15, 0.2) is 0 Å². The van der Waals surface area contributed by atoms with E-state index in [2.05, 4.69) is 4.90 Å². The first-order valence-corrected chi connectivity index (χ1v) is 11.3. The molecule has 0 bridgehead atoms. The van der Waals surface area contributed by atoms with Gasteiger partial charge in [0.2, 0.25) is 0 Å². The molecule has 2 aliphatic heterocycles. The molecule has 0 aliphatic carbocycles. The van der Waals surface area contributed by atoms with E-state index in [1.165, 1.54) is 4.90 Å².